The van der Waals surface area contributed by atoms with E-state index in [-0.39, 0.29) is 24.4 Å². The van der Waals surface area contributed by atoms with Crippen LogP contribution in [0.25, 0.3) is 5.69 Å². The van der Waals surface area contributed by atoms with E-state index in [2.05, 4.69) is 25.9 Å². The predicted octanol–water partition coefficient (Wildman–Crippen LogP) is 2.83. The van der Waals surface area contributed by atoms with Crippen molar-refractivity contribution >= 4 is 17.7 Å². The molecule has 0 unspecified atom stereocenters. The number of hydrogen-bond acceptors (Lipinski definition) is 6. The molecule has 0 saturated heterocycles. The van der Waals surface area contributed by atoms with Crippen LogP contribution in [0, 0.1) is 13.8 Å². The van der Waals surface area contributed by atoms with E-state index in [1.54, 1.807) is 33.0 Å². The van der Waals surface area contributed by atoms with Gasteiger partial charge in [-0.25, -0.2) is 9.36 Å². The third-order valence-electron chi connectivity index (χ3n) is 4.27. The molecule has 8 nitrogen and oxygen atoms in total. The monoisotopic (exact) mass is 439 g/mol. The number of nitrogens with zero attached hydrogens (tertiary/aromatic N) is 6. The minimum Gasteiger partial charge on any atom is -0.352 e. The fraction of sp³-hybridized carbons (Fsp3) is 0.389. The van der Waals surface area contributed by atoms with E-state index in [1.165, 1.54) is 27.2 Å². The summed E-state index contributed by atoms with van der Waals surface area (Å²) in [5.41, 5.74) is 0.958. The zero-order chi connectivity index (χ0) is 21.9. The van der Waals surface area contributed by atoms with Gasteiger partial charge in [0.1, 0.15) is 0 Å². The first-order valence-electron chi connectivity index (χ1n) is 9.01. The van der Waals surface area contributed by atoms with Gasteiger partial charge in [-0.3, -0.25) is 4.79 Å². The number of halogens is 3. The highest BCUT2D eigenvalue weighted by Gasteiger charge is 2.34. The largest absolute Gasteiger partial charge is 0.416 e. The second-order valence-corrected chi connectivity index (χ2v) is 7.70. The van der Waals surface area contributed by atoms with Gasteiger partial charge in [-0.15, -0.1) is 5.10 Å². The molecular formula is C18H20F3N7OS. The molecule has 0 saturated carbocycles. The van der Waals surface area contributed by atoms with E-state index >= 15 is 0 Å². The maximum atomic E-state index is 13.6. The fourth-order valence-corrected chi connectivity index (χ4v) is 3.65. The molecule has 30 heavy (non-hydrogen) atoms. The number of carbonyl (C=O) groups excluding carboxylic acids is 1. The van der Waals surface area contributed by atoms with E-state index in [0.717, 1.165) is 11.8 Å². The first-order chi connectivity index (χ1) is 14.1. The van der Waals surface area contributed by atoms with Crippen LogP contribution in [0.4, 0.5) is 13.2 Å². The SMILES string of the molecule is Cc1cc(C)n(-c2ccc(CNC(=O)CCSc3nnnn3C)c(C(F)(F)F)c2)n1. The number of aryl methyl sites for hydroxylation is 3. The number of aromatic nitrogens is 6. The summed E-state index contributed by atoms with van der Waals surface area (Å²) in [6, 6.07) is 5.77. The lowest BCUT2D eigenvalue weighted by Gasteiger charge is -2.16. The molecule has 0 bridgehead atoms. The minimum absolute atomic E-state index is 0.00807. The second-order valence-electron chi connectivity index (χ2n) is 6.64. The molecule has 1 amide bonds. The summed E-state index contributed by atoms with van der Waals surface area (Å²) in [4.78, 5) is 12.0. The predicted molar refractivity (Wildman–Crippen MR) is 104 cm³/mol. The highest BCUT2D eigenvalue weighted by atomic mass is 32.2. The molecule has 0 atom stereocenters. The van der Waals surface area contributed by atoms with Crippen LogP contribution in [-0.2, 0) is 24.6 Å². The Morgan fingerprint density at radius 3 is 2.60 bits per heavy atom. The second kappa shape index (κ2) is 8.86. The highest BCUT2D eigenvalue weighted by molar-refractivity contribution is 7.99. The van der Waals surface area contributed by atoms with Gasteiger partial charge in [-0.2, -0.15) is 18.3 Å². The molecular weight excluding hydrogens is 419 g/mol. The Kier molecular flexibility index (Phi) is 6.44. The molecule has 0 fully saturated rings. The van der Waals surface area contributed by atoms with Crippen molar-refractivity contribution in [2.24, 2.45) is 7.05 Å². The summed E-state index contributed by atoms with van der Waals surface area (Å²) < 4.78 is 43.8. The van der Waals surface area contributed by atoms with Crippen LogP contribution < -0.4 is 5.32 Å². The third-order valence-corrected chi connectivity index (χ3v) is 5.28. The number of carbonyl (C=O) groups is 1. The van der Waals surface area contributed by atoms with Crippen molar-refractivity contribution in [2.75, 3.05) is 5.75 Å². The lowest BCUT2D eigenvalue weighted by molar-refractivity contribution is -0.138. The molecule has 1 N–H and O–H groups in total. The van der Waals surface area contributed by atoms with Crippen molar-refractivity contribution in [1.82, 2.24) is 35.3 Å². The van der Waals surface area contributed by atoms with Crippen molar-refractivity contribution < 1.29 is 18.0 Å². The molecule has 0 spiro atoms. The van der Waals surface area contributed by atoms with E-state index in [1.807, 2.05) is 0 Å². The molecule has 2 heterocycles. The Labute approximate surface area is 174 Å². The molecule has 0 aliphatic heterocycles. The molecule has 12 heteroatoms. The summed E-state index contributed by atoms with van der Waals surface area (Å²) in [6.07, 6.45) is -4.43. The molecule has 0 aliphatic carbocycles. The summed E-state index contributed by atoms with van der Waals surface area (Å²) in [7, 11) is 1.68. The summed E-state index contributed by atoms with van der Waals surface area (Å²) in [5, 5.41) is 18.3. The maximum absolute atomic E-state index is 13.6. The molecule has 0 radical (unpaired) electrons. The molecule has 3 rings (SSSR count). The van der Waals surface area contributed by atoms with Gasteiger partial charge in [0.25, 0.3) is 0 Å². The lowest BCUT2D eigenvalue weighted by atomic mass is 10.1. The van der Waals surface area contributed by atoms with Gasteiger partial charge in [0.15, 0.2) is 0 Å². The third kappa shape index (κ3) is 5.17. The van der Waals surface area contributed by atoms with Crippen LogP contribution in [0.15, 0.2) is 29.4 Å². The molecule has 160 valence electrons. The maximum Gasteiger partial charge on any atom is 0.416 e. The van der Waals surface area contributed by atoms with E-state index in [0.29, 0.717) is 22.3 Å². The Bertz CT molecular complexity index is 1040. The van der Waals surface area contributed by atoms with Gasteiger partial charge < -0.3 is 5.32 Å². The lowest BCUT2D eigenvalue weighted by Crippen LogP contribution is -2.25. The first-order valence-corrected chi connectivity index (χ1v) is 9.99. The van der Waals surface area contributed by atoms with Crippen molar-refractivity contribution in [3.05, 3.63) is 46.8 Å². The van der Waals surface area contributed by atoms with Gasteiger partial charge >= 0.3 is 6.18 Å². The zero-order valence-electron chi connectivity index (χ0n) is 16.6. The normalized spacial score (nSPS) is 11.7. The number of nitrogens with one attached hydrogen (secondary N) is 1. The smallest absolute Gasteiger partial charge is 0.352 e. The summed E-state index contributed by atoms with van der Waals surface area (Å²) in [5.74, 6) is 0.0524. The van der Waals surface area contributed by atoms with Crippen LogP contribution in [-0.4, -0.2) is 41.6 Å². The highest BCUT2D eigenvalue weighted by Crippen LogP contribution is 2.33. The van der Waals surface area contributed by atoms with E-state index < -0.39 is 11.7 Å². The van der Waals surface area contributed by atoms with Crippen molar-refractivity contribution in [2.45, 2.75) is 38.1 Å². The van der Waals surface area contributed by atoms with E-state index in [4.69, 9.17) is 0 Å². The average Bonchev–Trinajstić information content (AvgIpc) is 3.23. The van der Waals surface area contributed by atoms with Crippen LogP contribution in [0.2, 0.25) is 0 Å². The standard InChI is InChI=1S/C18H20F3N7OS/c1-11-8-12(2)28(24-11)14-5-4-13(15(9-14)18(19,20)21)10-22-16(29)6-7-30-17-23-25-26-27(17)3/h4-5,8-9H,6-7,10H2,1-3H3,(H,22,29). The fourth-order valence-electron chi connectivity index (χ4n) is 2.87. The number of thioether (sulfide) groups is 1. The number of rotatable bonds is 7. The molecule has 0 aliphatic rings. The molecule has 2 aromatic heterocycles. The Morgan fingerprint density at radius 2 is 2.00 bits per heavy atom. The molecule has 1 aromatic carbocycles. The Morgan fingerprint density at radius 1 is 1.23 bits per heavy atom. The van der Waals surface area contributed by atoms with Crippen molar-refractivity contribution in [3.8, 4) is 5.69 Å². The first kappa shape index (κ1) is 21.8. The van der Waals surface area contributed by atoms with Gasteiger partial charge in [0.2, 0.25) is 11.1 Å². The number of alkyl halides is 3. The minimum atomic E-state index is -4.56. The number of benzene rings is 1. The zero-order valence-corrected chi connectivity index (χ0v) is 17.4. The van der Waals surface area contributed by atoms with Crippen LogP contribution >= 0.6 is 11.8 Å². The topological polar surface area (TPSA) is 90.5 Å². The molecule has 3 aromatic rings. The van der Waals surface area contributed by atoms with Gasteiger partial charge in [0, 0.05) is 31.5 Å². The Balaban J connectivity index is 1.67. The van der Waals surface area contributed by atoms with Gasteiger partial charge in [-0.05, 0) is 48.0 Å². The number of hydrogen-bond donors (Lipinski definition) is 1. The number of amides is 1. The van der Waals surface area contributed by atoms with Crippen LogP contribution in [0.5, 0.6) is 0 Å². The van der Waals surface area contributed by atoms with Crippen molar-refractivity contribution in [3.63, 3.8) is 0 Å². The quantitative estimate of drug-likeness (QED) is 0.570. The van der Waals surface area contributed by atoms with Gasteiger partial charge in [-0.1, -0.05) is 17.8 Å². The summed E-state index contributed by atoms with van der Waals surface area (Å²) in [6.45, 7) is 3.33. The average molecular weight is 439 g/mol. The van der Waals surface area contributed by atoms with Crippen molar-refractivity contribution in [1.29, 1.82) is 0 Å². The number of tetrazole rings is 1. The van der Waals surface area contributed by atoms with Crippen LogP contribution in [0.1, 0.15) is 28.9 Å². The Hall–Kier alpha value is -2.89. The summed E-state index contributed by atoms with van der Waals surface area (Å²) >= 11 is 1.29. The van der Waals surface area contributed by atoms with E-state index in [9.17, 15) is 18.0 Å². The van der Waals surface area contributed by atoms with Crippen LogP contribution in [0.3, 0.4) is 0 Å². The van der Waals surface area contributed by atoms with Gasteiger partial charge in [0.05, 0.1) is 16.9 Å².